The van der Waals surface area contributed by atoms with Crippen molar-refractivity contribution in [3.63, 3.8) is 0 Å². The van der Waals surface area contributed by atoms with Crippen molar-refractivity contribution in [3.8, 4) is 5.75 Å². The maximum absolute atomic E-state index is 5.39. The molecule has 2 aromatic rings. The van der Waals surface area contributed by atoms with Gasteiger partial charge in [-0.2, -0.15) is 5.10 Å². The van der Waals surface area contributed by atoms with Crippen molar-refractivity contribution in [2.24, 2.45) is 7.05 Å². The third-order valence-corrected chi connectivity index (χ3v) is 1.64. The average molecular weight is 178 g/mol. The van der Waals surface area contributed by atoms with E-state index in [0.717, 1.165) is 11.5 Å². The van der Waals surface area contributed by atoms with Gasteiger partial charge in [-0.3, -0.25) is 4.68 Å². The van der Waals surface area contributed by atoms with Crippen molar-refractivity contribution in [2.45, 2.75) is 6.61 Å². The molecule has 0 bridgehead atoms. The minimum Gasteiger partial charge on any atom is -0.482 e. The van der Waals surface area contributed by atoms with Crippen molar-refractivity contribution in [2.75, 3.05) is 0 Å². The van der Waals surface area contributed by atoms with Crippen molar-refractivity contribution in [1.29, 1.82) is 0 Å². The second-order valence-corrected chi connectivity index (χ2v) is 2.72. The van der Waals surface area contributed by atoms with Gasteiger partial charge in [0.05, 0.1) is 18.7 Å². The third-order valence-electron chi connectivity index (χ3n) is 1.64. The van der Waals surface area contributed by atoms with E-state index in [1.54, 1.807) is 17.1 Å². The lowest BCUT2D eigenvalue weighted by atomic mass is 10.5. The molecule has 0 spiro atoms. The van der Waals surface area contributed by atoms with Crippen LogP contribution in [0.4, 0.5) is 0 Å². The molecule has 0 N–H and O–H groups in total. The predicted molar refractivity (Wildman–Crippen MR) is 46.2 cm³/mol. The Morgan fingerprint density at radius 3 is 3.15 bits per heavy atom. The number of ether oxygens (including phenoxy) is 1. The molecule has 0 radical (unpaired) electrons. The van der Waals surface area contributed by atoms with Gasteiger partial charge in [-0.25, -0.2) is 0 Å². The molecular formula is C9H10N2O2. The fourth-order valence-corrected chi connectivity index (χ4v) is 1.02. The number of aryl methyl sites for hydroxylation is 1. The number of furan rings is 1. The van der Waals surface area contributed by atoms with Crippen molar-refractivity contribution >= 4 is 0 Å². The zero-order chi connectivity index (χ0) is 9.10. The smallest absolute Gasteiger partial charge is 0.157 e. The standard InChI is InChI=1S/C9H10N2O2/c1-11-6-9(5-10-11)13-7-8-3-2-4-12-8/h2-6H,7H2,1H3. The van der Waals surface area contributed by atoms with Gasteiger partial charge in [0.2, 0.25) is 0 Å². The van der Waals surface area contributed by atoms with Crippen LogP contribution in [-0.4, -0.2) is 9.78 Å². The van der Waals surface area contributed by atoms with Crippen LogP contribution in [0.1, 0.15) is 5.76 Å². The lowest BCUT2D eigenvalue weighted by molar-refractivity contribution is 0.270. The van der Waals surface area contributed by atoms with Gasteiger partial charge in [-0.05, 0) is 12.1 Å². The van der Waals surface area contributed by atoms with E-state index in [9.17, 15) is 0 Å². The Balaban J connectivity index is 1.93. The van der Waals surface area contributed by atoms with Gasteiger partial charge in [-0.1, -0.05) is 0 Å². The van der Waals surface area contributed by atoms with Crippen LogP contribution < -0.4 is 4.74 Å². The van der Waals surface area contributed by atoms with Crippen LogP contribution in [0.3, 0.4) is 0 Å². The van der Waals surface area contributed by atoms with Crippen LogP contribution in [-0.2, 0) is 13.7 Å². The van der Waals surface area contributed by atoms with E-state index in [1.807, 2.05) is 25.4 Å². The lowest BCUT2D eigenvalue weighted by Crippen LogP contribution is -1.92. The molecule has 13 heavy (non-hydrogen) atoms. The SMILES string of the molecule is Cn1cc(OCc2ccco2)cn1. The first-order valence-corrected chi connectivity index (χ1v) is 3.98. The Bertz CT molecular complexity index is 365. The molecule has 2 aromatic heterocycles. The van der Waals surface area contributed by atoms with Crippen LogP contribution in [0.15, 0.2) is 35.2 Å². The molecule has 2 rings (SSSR count). The monoisotopic (exact) mass is 178 g/mol. The summed E-state index contributed by atoms with van der Waals surface area (Å²) in [6.07, 6.45) is 5.10. The first kappa shape index (κ1) is 7.91. The second-order valence-electron chi connectivity index (χ2n) is 2.72. The summed E-state index contributed by atoms with van der Waals surface area (Å²) in [5.41, 5.74) is 0. The Labute approximate surface area is 75.7 Å². The van der Waals surface area contributed by atoms with Gasteiger partial charge in [0, 0.05) is 7.05 Å². The zero-order valence-electron chi connectivity index (χ0n) is 7.30. The Morgan fingerprint density at radius 2 is 2.54 bits per heavy atom. The average Bonchev–Trinajstić information content (AvgIpc) is 2.71. The van der Waals surface area contributed by atoms with Crippen LogP contribution in [0.5, 0.6) is 5.75 Å². The molecule has 0 unspecified atom stereocenters. The topological polar surface area (TPSA) is 40.2 Å². The first-order chi connectivity index (χ1) is 6.34. The van der Waals surface area contributed by atoms with Gasteiger partial charge in [0.1, 0.15) is 12.4 Å². The fraction of sp³-hybridized carbons (Fsp3) is 0.222. The highest BCUT2D eigenvalue weighted by Crippen LogP contribution is 2.10. The second kappa shape index (κ2) is 3.35. The van der Waals surface area contributed by atoms with Gasteiger partial charge in [-0.15, -0.1) is 0 Å². The van der Waals surface area contributed by atoms with Gasteiger partial charge in [0.25, 0.3) is 0 Å². The number of nitrogens with zero attached hydrogens (tertiary/aromatic N) is 2. The number of hydrogen-bond donors (Lipinski definition) is 0. The normalized spacial score (nSPS) is 10.2. The molecule has 0 aromatic carbocycles. The summed E-state index contributed by atoms with van der Waals surface area (Å²) in [4.78, 5) is 0. The van der Waals surface area contributed by atoms with Crippen LogP contribution in [0, 0.1) is 0 Å². The van der Waals surface area contributed by atoms with Gasteiger partial charge in [0.15, 0.2) is 5.75 Å². The maximum atomic E-state index is 5.39. The molecule has 0 saturated carbocycles. The Hall–Kier alpha value is -1.71. The summed E-state index contributed by atoms with van der Waals surface area (Å²) >= 11 is 0. The van der Waals surface area contributed by atoms with E-state index < -0.39 is 0 Å². The van der Waals surface area contributed by atoms with Crippen molar-refractivity contribution in [3.05, 3.63) is 36.5 Å². The molecule has 68 valence electrons. The zero-order valence-corrected chi connectivity index (χ0v) is 7.30. The number of aromatic nitrogens is 2. The molecular weight excluding hydrogens is 168 g/mol. The quantitative estimate of drug-likeness (QED) is 0.716. The largest absolute Gasteiger partial charge is 0.482 e. The lowest BCUT2D eigenvalue weighted by Gasteiger charge is -1.98. The summed E-state index contributed by atoms with van der Waals surface area (Å²) in [6, 6.07) is 3.71. The van der Waals surface area contributed by atoms with Gasteiger partial charge >= 0.3 is 0 Å². The summed E-state index contributed by atoms with van der Waals surface area (Å²) in [5.74, 6) is 1.56. The summed E-state index contributed by atoms with van der Waals surface area (Å²) in [5, 5.41) is 3.98. The molecule has 4 heteroatoms. The van der Waals surface area contributed by atoms with E-state index in [0.29, 0.717) is 6.61 Å². The predicted octanol–water partition coefficient (Wildman–Crippen LogP) is 1.59. The molecule has 0 atom stereocenters. The first-order valence-electron chi connectivity index (χ1n) is 3.98. The molecule has 4 nitrogen and oxygen atoms in total. The Kier molecular flexibility index (Phi) is 2.04. The summed E-state index contributed by atoms with van der Waals surface area (Å²) in [6.45, 7) is 0.443. The molecule has 0 aliphatic heterocycles. The van der Waals surface area contributed by atoms with E-state index in [-0.39, 0.29) is 0 Å². The molecule has 0 saturated heterocycles. The minimum atomic E-state index is 0.443. The third kappa shape index (κ3) is 1.90. The van der Waals surface area contributed by atoms with Crippen LogP contribution >= 0.6 is 0 Å². The van der Waals surface area contributed by atoms with E-state index >= 15 is 0 Å². The van der Waals surface area contributed by atoms with Gasteiger partial charge < -0.3 is 9.15 Å². The van der Waals surface area contributed by atoms with Crippen molar-refractivity contribution < 1.29 is 9.15 Å². The molecule has 0 aliphatic rings. The maximum Gasteiger partial charge on any atom is 0.157 e. The fourth-order valence-electron chi connectivity index (χ4n) is 1.02. The highest BCUT2D eigenvalue weighted by molar-refractivity contribution is 5.12. The summed E-state index contributed by atoms with van der Waals surface area (Å²) < 4.78 is 12.2. The van der Waals surface area contributed by atoms with Crippen molar-refractivity contribution in [1.82, 2.24) is 9.78 Å². The molecule has 0 fully saturated rings. The highest BCUT2D eigenvalue weighted by atomic mass is 16.5. The van der Waals surface area contributed by atoms with Crippen LogP contribution in [0.2, 0.25) is 0 Å². The molecule has 0 aliphatic carbocycles. The molecule has 2 heterocycles. The van der Waals surface area contributed by atoms with E-state index in [4.69, 9.17) is 9.15 Å². The van der Waals surface area contributed by atoms with Crippen LogP contribution in [0.25, 0.3) is 0 Å². The van der Waals surface area contributed by atoms with E-state index in [1.165, 1.54) is 0 Å². The Morgan fingerprint density at radius 1 is 1.62 bits per heavy atom. The molecule has 0 amide bonds. The summed E-state index contributed by atoms with van der Waals surface area (Å²) in [7, 11) is 1.85. The minimum absolute atomic E-state index is 0.443. The number of hydrogen-bond acceptors (Lipinski definition) is 3. The highest BCUT2D eigenvalue weighted by Gasteiger charge is 1.98. The number of rotatable bonds is 3. The van der Waals surface area contributed by atoms with E-state index in [2.05, 4.69) is 5.10 Å².